The van der Waals surface area contributed by atoms with Crippen LogP contribution >= 0.6 is 0 Å². The molecule has 2 heterocycles. The van der Waals surface area contributed by atoms with Crippen molar-refractivity contribution in [2.45, 2.75) is 26.8 Å². The summed E-state index contributed by atoms with van der Waals surface area (Å²) in [5.74, 6) is -0.130. The molecule has 0 fully saturated rings. The largest absolute Gasteiger partial charge is 0.343 e. The van der Waals surface area contributed by atoms with Gasteiger partial charge in [-0.25, -0.2) is 4.68 Å². The van der Waals surface area contributed by atoms with E-state index in [9.17, 15) is 9.59 Å². The van der Waals surface area contributed by atoms with Crippen LogP contribution in [0.2, 0.25) is 0 Å². The van der Waals surface area contributed by atoms with Gasteiger partial charge in [0.1, 0.15) is 5.65 Å². The number of nitrogens with zero attached hydrogens (tertiary/aromatic N) is 3. The zero-order valence-electron chi connectivity index (χ0n) is 12.8. The van der Waals surface area contributed by atoms with Gasteiger partial charge in [0.25, 0.3) is 5.56 Å². The maximum Gasteiger partial charge on any atom is 0.256 e. The van der Waals surface area contributed by atoms with E-state index in [1.165, 1.54) is 6.08 Å². The molecule has 0 radical (unpaired) electrons. The molecule has 0 saturated heterocycles. The monoisotopic (exact) mass is 288 g/mol. The number of rotatable bonds is 4. The fourth-order valence-corrected chi connectivity index (χ4v) is 1.98. The number of carbonyl (C=O) groups is 1. The molecule has 0 aromatic carbocycles. The Balaban J connectivity index is 2.39. The van der Waals surface area contributed by atoms with Crippen molar-refractivity contribution >= 4 is 23.0 Å². The number of nitrogens with one attached hydrogen (secondary N) is 1. The van der Waals surface area contributed by atoms with E-state index in [1.807, 2.05) is 20.8 Å². The molecule has 0 bridgehead atoms. The van der Waals surface area contributed by atoms with Crippen molar-refractivity contribution in [2.75, 3.05) is 13.6 Å². The van der Waals surface area contributed by atoms with Gasteiger partial charge in [0, 0.05) is 36.7 Å². The molecule has 0 atom stereocenters. The number of aromatic nitrogens is 3. The molecular formula is C15H20N4O2. The number of amides is 1. The van der Waals surface area contributed by atoms with Crippen LogP contribution in [0.3, 0.4) is 0 Å². The lowest BCUT2D eigenvalue weighted by atomic mass is 10.2. The van der Waals surface area contributed by atoms with Gasteiger partial charge in [0.2, 0.25) is 5.91 Å². The SMILES string of the molecule is CCN(C)C(=O)/C=C/c1cc2cnn(C(C)C)c2[nH]c1=O. The highest BCUT2D eigenvalue weighted by molar-refractivity contribution is 5.92. The van der Waals surface area contributed by atoms with E-state index in [0.29, 0.717) is 17.8 Å². The fraction of sp³-hybridized carbons (Fsp3) is 0.400. The molecule has 21 heavy (non-hydrogen) atoms. The van der Waals surface area contributed by atoms with Crippen LogP contribution in [-0.4, -0.2) is 39.2 Å². The van der Waals surface area contributed by atoms with Gasteiger partial charge < -0.3 is 9.88 Å². The van der Waals surface area contributed by atoms with E-state index in [-0.39, 0.29) is 17.5 Å². The highest BCUT2D eigenvalue weighted by Gasteiger charge is 2.09. The van der Waals surface area contributed by atoms with Crippen molar-refractivity contribution in [3.8, 4) is 0 Å². The zero-order valence-corrected chi connectivity index (χ0v) is 12.8. The lowest BCUT2D eigenvalue weighted by molar-refractivity contribution is -0.124. The number of hydrogen-bond donors (Lipinski definition) is 1. The van der Waals surface area contributed by atoms with Gasteiger partial charge in [-0.15, -0.1) is 0 Å². The minimum atomic E-state index is -0.229. The van der Waals surface area contributed by atoms with Gasteiger partial charge in [0.05, 0.1) is 6.20 Å². The maximum absolute atomic E-state index is 12.1. The van der Waals surface area contributed by atoms with E-state index in [2.05, 4.69) is 10.1 Å². The van der Waals surface area contributed by atoms with Gasteiger partial charge in [0.15, 0.2) is 0 Å². The molecule has 6 nitrogen and oxygen atoms in total. The summed E-state index contributed by atoms with van der Waals surface area (Å²) in [6.45, 7) is 6.51. The summed E-state index contributed by atoms with van der Waals surface area (Å²) >= 11 is 0. The Morgan fingerprint density at radius 3 is 2.86 bits per heavy atom. The predicted octanol–water partition coefficient (Wildman–Crippen LogP) is 1.80. The second-order valence-corrected chi connectivity index (χ2v) is 5.23. The van der Waals surface area contributed by atoms with E-state index in [1.54, 1.807) is 35.0 Å². The number of hydrogen-bond acceptors (Lipinski definition) is 3. The van der Waals surface area contributed by atoms with Gasteiger partial charge in [-0.3, -0.25) is 9.59 Å². The van der Waals surface area contributed by atoms with Gasteiger partial charge in [-0.2, -0.15) is 5.10 Å². The minimum absolute atomic E-state index is 0.130. The first-order chi connectivity index (χ1) is 9.93. The summed E-state index contributed by atoms with van der Waals surface area (Å²) in [5.41, 5.74) is 0.918. The van der Waals surface area contributed by atoms with Gasteiger partial charge in [-0.1, -0.05) is 0 Å². The summed E-state index contributed by atoms with van der Waals surface area (Å²) in [6.07, 6.45) is 4.66. The predicted molar refractivity (Wildman–Crippen MR) is 83.1 cm³/mol. The van der Waals surface area contributed by atoms with Crippen LogP contribution in [0.25, 0.3) is 17.1 Å². The molecule has 112 valence electrons. The lowest BCUT2D eigenvalue weighted by Gasteiger charge is -2.10. The van der Waals surface area contributed by atoms with Crippen LogP contribution in [-0.2, 0) is 4.79 Å². The van der Waals surface area contributed by atoms with E-state index >= 15 is 0 Å². The standard InChI is InChI=1S/C15H20N4O2/c1-5-18(4)13(20)7-6-11-8-12-9-16-19(10(2)3)14(12)17-15(11)21/h6-10H,5H2,1-4H3,(H,17,21)/b7-6+. The normalized spacial score (nSPS) is 11.7. The summed E-state index contributed by atoms with van der Waals surface area (Å²) in [7, 11) is 1.72. The first-order valence-electron chi connectivity index (χ1n) is 6.97. The van der Waals surface area contributed by atoms with Crippen molar-refractivity contribution in [1.82, 2.24) is 19.7 Å². The van der Waals surface area contributed by atoms with Crippen molar-refractivity contribution in [2.24, 2.45) is 0 Å². The Labute approximate surface area is 123 Å². The molecule has 0 saturated carbocycles. The average Bonchev–Trinajstić information content (AvgIpc) is 2.86. The highest BCUT2D eigenvalue weighted by atomic mass is 16.2. The average molecular weight is 288 g/mol. The number of H-pyrrole nitrogens is 1. The molecule has 0 aliphatic rings. The van der Waals surface area contributed by atoms with Crippen molar-refractivity contribution in [1.29, 1.82) is 0 Å². The highest BCUT2D eigenvalue weighted by Crippen LogP contribution is 2.15. The molecule has 0 aliphatic carbocycles. The Kier molecular flexibility index (Phi) is 4.26. The van der Waals surface area contributed by atoms with Crippen LogP contribution in [0.15, 0.2) is 23.1 Å². The van der Waals surface area contributed by atoms with Crippen LogP contribution in [0, 0.1) is 0 Å². The third kappa shape index (κ3) is 3.04. The summed E-state index contributed by atoms with van der Waals surface area (Å²) in [4.78, 5) is 28.2. The first kappa shape index (κ1) is 15.0. The second kappa shape index (κ2) is 5.95. The van der Waals surface area contributed by atoms with Crippen molar-refractivity contribution < 1.29 is 4.79 Å². The van der Waals surface area contributed by atoms with Gasteiger partial charge >= 0.3 is 0 Å². The summed E-state index contributed by atoms with van der Waals surface area (Å²) in [6, 6.07) is 1.91. The number of aromatic amines is 1. The Bertz CT molecular complexity index is 740. The maximum atomic E-state index is 12.1. The topological polar surface area (TPSA) is 71.0 Å². The number of pyridine rings is 1. The molecule has 2 aromatic heterocycles. The van der Waals surface area contributed by atoms with Crippen molar-refractivity contribution in [3.63, 3.8) is 0 Å². The number of carbonyl (C=O) groups excluding carboxylic acids is 1. The third-order valence-corrected chi connectivity index (χ3v) is 3.37. The molecule has 2 aromatic rings. The molecule has 0 unspecified atom stereocenters. The zero-order chi connectivity index (χ0) is 15.6. The van der Waals surface area contributed by atoms with Crippen molar-refractivity contribution in [3.05, 3.63) is 34.3 Å². The quantitative estimate of drug-likeness (QED) is 0.872. The minimum Gasteiger partial charge on any atom is -0.343 e. The van der Waals surface area contributed by atoms with Crippen LogP contribution in [0.4, 0.5) is 0 Å². The smallest absolute Gasteiger partial charge is 0.256 e. The van der Waals surface area contributed by atoms with E-state index in [0.717, 1.165) is 5.39 Å². The third-order valence-electron chi connectivity index (χ3n) is 3.37. The van der Waals surface area contributed by atoms with Crippen LogP contribution < -0.4 is 5.56 Å². The van der Waals surface area contributed by atoms with Gasteiger partial charge in [-0.05, 0) is 32.9 Å². The molecule has 2 rings (SSSR count). The van der Waals surface area contributed by atoms with Crippen LogP contribution in [0.1, 0.15) is 32.4 Å². The molecule has 1 amide bonds. The van der Waals surface area contributed by atoms with E-state index < -0.39 is 0 Å². The molecule has 0 aliphatic heterocycles. The van der Waals surface area contributed by atoms with E-state index in [4.69, 9.17) is 0 Å². The summed E-state index contributed by atoms with van der Waals surface area (Å²) in [5, 5.41) is 5.11. The molecule has 0 spiro atoms. The number of likely N-dealkylation sites (N-methyl/N-ethyl adjacent to an activating group) is 1. The van der Waals surface area contributed by atoms with Crippen LogP contribution in [0.5, 0.6) is 0 Å². The second-order valence-electron chi connectivity index (χ2n) is 5.23. The Morgan fingerprint density at radius 1 is 1.52 bits per heavy atom. The first-order valence-corrected chi connectivity index (χ1v) is 6.97. The Morgan fingerprint density at radius 2 is 2.24 bits per heavy atom. The Hall–Kier alpha value is -2.37. The molecule has 1 N–H and O–H groups in total. The molecule has 6 heteroatoms. The fourth-order valence-electron chi connectivity index (χ4n) is 1.98. The number of fused-ring (bicyclic) bond motifs is 1. The lowest BCUT2D eigenvalue weighted by Crippen LogP contribution is -2.24. The molecular weight excluding hydrogens is 268 g/mol. The summed E-state index contributed by atoms with van der Waals surface area (Å²) < 4.78 is 1.76.